The molecule has 1 saturated carbocycles. The zero-order valence-electron chi connectivity index (χ0n) is 8.16. The van der Waals surface area contributed by atoms with Crippen LogP contribution >= 0.6 is 0 Å². The summed E-state index contributed by atoms with van der Waals surface area (Å²) in [5, 5.41) is 9.09. The summed E-state index contributed by atoms with van der Waals surface area (Å²) >= 11 is 0. The first-order valence-electron chi connectivity index (χ1n) is 5.16. The minimum Gasteiger partial charge on any atom is -0.481 e. The van der Waals surface area contributed by atoms with Crippen molar-refractivity contribution in [2.24, 2.45) is 0 Å². The van der Waals surface area contributed by atoms with Gasteiger partial charge in [-0.1, -0.05) is 12.1 Å². The molecule has 1 N–H and O–H groups in total. The number of halogens is 1. The van der Waals surface area contributed by atoms with Gasteiger partial charge in [-0.25, -0.2) is 4.39 Å². The Kier molecular flexibility index (Phi) is 1.54. The molecule has 0 aromatic heterocycles. The van der Waals surface area contributed by atoms with Crippen LogP contribution in [0, 0.1) is 5.82 Å². The number of aliphatic carboxylic acids is 1. The molecule has 1 aromatic rings. The van der Waals surface area contributed by atoms with Gasteiger partial charge in [-0.05, 0) is 41.9 Å². The van der Waals surface area contributed by atoms with E-state index >= 15 is 0 Å². The Morgan fingerprint density at radius 2 is 2.20 bits per heavy atom. The van der Waals surface area contributed by atoms with Gasteiger partial charge in [0.1, 0.15) is 5.82 Å². The second-order valence-electron chi connectivity index (χ2n) is 4.58. The molecule has 0 radical (unpaired) electrons. The average molecular weight is 206 g/mol. The van der Waals surface area contributed by atoms with E-state index in [9.17, 15) is 9.18 Å². The van der Waals surface area contributed by atoms with Crippen LogP contribution in [0.15, 0.2) is 18.2 Å². The van der Waals surface area contributed by atoms with Crippen molar-refractivity contribution < 1.29 is 14.3 Å². The van der Waals surface area contributed by atoms with E-state index in [0.717, 1.165) is 12.8 Å². The van der Waals surface area contributed by atoms with Crippen LogP contribution < -0.4 is 0 Å². The summed E-state index contributed by atoms with van der Waals surface area (Å²) in [6, 6.07) is 4.79. The Morgan fingerprint density at radius 1 is 1.47 bits per heavy atom. The van der Waals surface area contributed by atoms with E-state index in [0.29, 0.717) is 17.5 Å². The number of carbonyl (C=O) groups is 1. The number of hydrogen-bond acceptors (Lipinski definition) is 1. The standard InChI is InChI=1S/C12H11FO2/c13-9-3-1-2-7-8(11(14)15)6-12(4-5-12)10(7)9/h1-3,8H,4-6H2,(H,14,15). The normalized spacial score (nSPS) is 25.3. The number of carboxylic acids is 1. The van der Waals surface area contributed by atoms with Gasteiger partial charge in [0.2, 0.25) is 0 Å². The van der Waals surface area contributed by atoms with Crippen molar-refractivity contribution >= 4 is 5.97 Å². The van der Waals surface area contributed by atoms with Gasteiger partial charge in [0.15, 0.2) is 0 Å². The molecule has 0 aliphatic heterocycles. The van der Waals surface area contributed by atoms with Crippen LogP contribution in [0.3, 0.4) is 0 Å². The predicted octanol–water partition coefficient (Wildman–Crippen LogP) is 2.43. The fourth-order valence-electron chi connectivity index (χ4n) is 2.82. The highest BCUT2D eigenvalue weighted by atomic mass is 19.1. The highest BCUT2D eigenvalue weighted by molar-refractivity contribution is 5.79. The maximum atomic E-state index is 13.7. The average Bonchev–Trinajstić information content (AvgIpc) is 2.84. The molecule has 2 aliphatic rings. The number of rotatable bonds is 1. The van der Waals surface area contributed by atoms with Gasteiger partial charge in [0.05, 0.1) is 5.92 Å². The van der Waals surface area contributed by atoms with E-state index in [1.807, 2.05) is 0 Å². The molecular formula is C12H11FO2. The lowest BCUT2D eigenvalue weighted by Gasteiger charge is -2.07. The Morgan fingerprint density at radius 3 is 2.80 bits per heavy atom. The molecule has 0 amide bonds. The maximum Gasteiger partial charge on any atom is 0.311 e. The molecule has 1 aromatic carbocycles. The SMILES string of the molecule is O=C(O)C1CC2(CC2)c2c(F)cccc21. The largest absolute Gasteiger partial charge is 0.481 e. The van der Waals surface area contributed by atoms with E-state index < -0.39 is 11.9 Å². The topological polar surface area (TPSA) is 37.3 Å². The van der Waals surface area contributed by atoms with Crippen LogP contribution in [0.2, 0.25) is 0 Å². The van der Waals surface area contributed by atoms with E-state index in [1.165, 1.54) is 6.07 Å². The molecule has 1 atom stereocenters. The fraction of sp³-hybridized carbons (Fsp3) is 0.417. The molecule has 2 aliphatic carbocycles. The molecular weight excluding hydrogens is 195 g/mol. The fourth-order valence-corrected chi connectivity index (χ4v) is 2.82. The van der Waals surface area contributed by atoms with Crippen molar-refractivity contribution in [2.45, 2.75) is 30.6 Å². The minimum absolute atomic E-state index is 0.135. The van der Waals surface area contributed by atoms with Gasteiger partial charge in [-0.15, -0.1) is 0 Å². The predicted molar refractivity (Wildman–Crippen MR) is 52.3 cm³/mol. The van der Waals surface area contributed by atoms with Crippen molar-refractivity contribution in [1.29, 1.82) is 0 Å². The number of benzene rings is 1. The Bertz CT molecular complexity index is 449. The maximum absolute atomic E-state index is 13.7. The summed E-state index contributed by atoms with van der Waals surface area (Å²) in [6.45, 7) is 0. The van der Waals surface area contributed by atoms with Crippen molar-refractivity contribution in [3.8, 4) is 0 Å². The van der Waals surface area contributed by atoms with Crippen LogP contribution in [0.25, 0.3) is 0 Å². The van der Waals surface area contributed by atoms with E-state index in [2.05, 4.69) is 0 Å². The quantitative estimate of drug-likeness (QED) is 0.766. The van der Waals surface area contributed by atoms with E-state index in [-0.39, 0.29) is 11.2 Å². The number of hydrogen-bond donors (Lipinski definition) is 1. The summed E-state index contributed by atoms with van der Waals surface area (Å²) in [6.07, 6.45) is 2.45. The first-order valence-corrected chi connectivity index (χ1v) is 5.16. The van der Waals surface area contributed by atoms with E-state index in [4.69, 9.17) is 5.11 Å². The van der Waals surface area contributed by atoms with Crippen LogP contribution in [-0.2, 0) is 10.2 Å². The van der Waals surface area contributed by atoms with Crippen molar-refractivity contribution in [1.82, 2.24) is 0 Å². The van der Waals surface area contributed by atoms with Crippen LogP contribution in [0.1, 0.15) is 36.3 Å². The zero-order chi connectivity index (χ0) is 10.6. The van der Waals surface area contributed by atoms with Crippen LogP contribution in [0.4, 0.5) is 4.39 Å². The highest BCUT2D eigenvalue weighted by Crippen LogP contribution is 2.61. The molecule has 0 bridgehead atoms. The summed E-state index contributed by atoms with van der Waals surface area (Å²) in [5.74, 6) is -1.56. The minimum atomic E-state index is -0.828. The molecule has 0 heterocycles. The van der Waals surface area contributed by atoms with Crippen LogP contribution in [0.5, 0.6) is 0 Å². The summed E-state index contributed by atoms with van der Waals surface area (Å²) in [5.41, 5.74) is 1.24. The lowest BCUT2D eigenvalue weighted by Crippen LogP contribution is -2.09. The number of fused-ring (bicyclic) bond motifs is 2. The van der Waals surface area contributed by atoms with Gasteiger partial charge >= 0.3 is 5.97 Å². The lowest BCUT2D eigenvalue weighted by molar-refractivity contribution is -0.138. The summed E-state index contributed by atoms with van der Waals surface area (Å²) < 4.78 is 13.7. The molecule has 3 heteroatoms. The third kappa shape index (κ3) is 1.06. The van der Waals surface area contributed by atoms with Crippen molar-refractivity contribution in [3.63, 3.8) is 0 Å². The second-order valence-corrected chi connectivity index (χ2v) is 4.58. The Hall–Kier alpha value is -1.38. The molecule has 2 nitrogen and oxygen atoms in total. The summed E-state index contributed by atoms with van der Waals surface area (Å²) in [7, 11) is 0. The Labute approximate surface area is 86.7 Å². The van der Waals surface area contributed by atoms with Crippen molar-refractivity contribution in [3.05, 3.63) is 35.1 Å². The zero-order valence-corrected chi connectivity index (χ0v) is 8.16. The molecule has 1 spiro atoms. The van der Waals surface area contributed by atoms with Gasteiger partial charge in [-0.3, -0.25) is 4.79 Å². The lowest BCUT2D eigenvalue weighted by atomic mass is 9.98. The number of carboxylic acid groups (broad SMARTS) is 1. The van der Waals surface area contributed by atoms with Gasteiger partial charge in [0, 0.05) is 0 Å². The molecule has 0 saturated heterocycles. The van der Waals surface area contributed by atoms with Gasteiger partial charge < -0.3 is 5.11 Å². The third-order valence-corrected chi connectivity index (χ3v) is 3.70. The Balaban J connectivity index is 2.20. The van der Waals surface area contributed by atoms with E-state index in [1.54, 1.807) is 12.1 Å². The first kappa shape index (κ1) is 8.89. The molecule has 3 rings (SSSR count). The smallest absolute Gasteiger partial charge is 0.311 e. The van der Waals surface area contributed by atoms with Gasteiger partial charge in [0.25, 0.3) is 0 Å². The van der Waals surface area contributed by atoms with Crippen LogP contribution in [-0.4, -0.2) is 11.1 Å². The molecule has 78 valence electrons. The molecule has 15 heavy (non-hydrogen) atoms. The van der Waals surface area contributed by atoms with Crippen molar-refractivity contribution in [2.75, 3.05) is 0 Å². The van der Waals surface area contributed by atoms with Gasteiger partial charge in [-0.2, -0.15) is 0 Å². The first-order chi connectivity index (χ1) is 7.14. The molecule has 1 fully saturated rings. The summed E-state index contributed by atoms with van der Waals surface area (Å²) in [4.78, 5) is 11.1. The second kappa shape index (κ2) is 2.60. The molecule has 1 unspecified atom stereocenters. The highest BCUT2D eigenvalue weighted by Gasteiger charge is 2.55. The monoisotopic (exact) mass is 206 g/mol. The third-order valence-electron chi connectivity index (χ3n) is 3.70.